The lowest BCUT2D eigenvalue weighted by Crippen LogP contribution is -2.13. The first kappa shape index (κ1) is 18.9. The second kappa shape index (κ2) is 9.16. The third kappa shape index (κ3) is 4.63. The number of hydrogen-bond donors (Lipinski definition) is 0. The summed E-state index contributed by atoms with van der Waals surface area (Å²) >= 11 is 0. The zero-order valence-electron chi connectivity index (χ0n) is 16.0. The van der Waals surface area contributed by atoms with Crippen molar-refractivity contribution < 1.29 is 4.39 Å². The summed E-state index contributed by atoms with van der Waals surface area (Å²) in [5, 5.41) is 0. The number of halogens is 1. The molecule has 138 valence electrons. The first-order valence-corrected chi connectivity index (χ1v) is 10.2. The zero-order valence-corrected chi connectivity index (χ0v) is 16.0. The minimum Gasteiger partial charge on any atom is -0.206 e. The Morgan fingerprint density at radius 1 is 1.00 bits per heavy atom. The van der Waals surface area contributed by atoms with Gasteiger partial charge in [0.25, 0.3) is 0 Å². The fourth-order valence-electron chi connectivity index (χ4n) is 4.29. The Kier molecular flexibility index (Phi) is 6.66. The van der Waals surface area contributed by atoms with Crippen molar-refractivity contribution in [2.45, 2.75) is 64.2 Å². The van der Waals surface area contributed by atoms with Crippen LogP contribution in [0.25, 0.3) is 17.2 Å². The quantitative estimate of drug-likeness (QED) is 0.444. The molecular formula is C25H31F. The number of benzene rings is 2. The smallest absolute Gasteiger partial charge is 0.131 e. The van der Waals surface area contributed by atoms with Crippen LogP contribution in [0.4, 0.5) is 4.39 Å². The van der Waals surface area contributed by atoms with Crippen LogP contribution < -0.4 is 0 Å². The highest BCUT2D eigenvalue weighted by Gasteiger charge is 2.22. The molecule has 0 saturated heterocycles. The topological polar surface area (TPSA) is 0 Å². The normalized spacial score (nSPS) is 20.1. The monoisotopic (exact) mass is 350 g/mol. The van der Waals surface area contributed by atoms with Crippen LogP contribution >= 0.6 is 0 Å². The van der Waals surface area contributed by atoms with Gasteiger partial charge < -0.3 is 0 Å². The highest BCUT2D eigenvalue weighted by molar-refractivity contribution is 5.66. The second-order valence-corrected chi connectivity index (χ2v) is 7.78. The van der Waals surface area contributed by atoms with E-state index in [4.69, 9.17) is 0 Å². The Bertz CT molecular complexity index is 705. The molecule has 0 amide bonds. The van der Waals surface area contributed by atoms with Gasteiger partial charge in [0.2, 0.25) is 0 Å². The predicted molar refractivity (Wildman–Crippen MR) is 111 cm³/mol. The summed E-state index contributed by atoms with van der Waals surface area (Å²) in [6.07, 6.45) is 12.5. The van der Waals surface area contributed by atoms with Gasteiger partial charge in [-0.25, -0.2) is 4.39 Å². The molecule has 0 nitrogen and oxygen atoms in total. The Morgan fingerprint density at radius 2 is 1.73 bits per heavy atom. The van der Waals surface area contributed by atoms with Crippen LogP contribution in [0.3, 0.4) is 0 Å². The molecule has 0 unspecified atom stereocenters. The molecule has 2 aromatic carbocycles. The summed E-state index contributed by atoms with van der Waals surface area (Å²) in [6, 6.07) is 13.9. The molecule has 1 aliphatic rings. The van der Waals surface area contributed by atoms with Crippen molar-refractivity contribution >= 4 is 6.08 Å². The molecule has 1 heteroatoms. The fraction of sp³-hybridized carbons (Fsp3) is 0.440. The van der Waals surface area contributed by atoms with E-state index in [1.54, 1.807) is 12.1 Å². The molecule has 0 atom stereocenters. The summed E-state index contributed by atoms with van der Waals surface area (Å²) in [5.74, 6) is 1.44. The van der Waals surface area contributed by atoms with E-state index < -0.39 is 0 Å². The first-order chi connectivity index (χ1) is 12.7. The third-order valence-corrected chi connectivity index (χ3v) is 5.98. The molecule has 2 aromatic rings. The Labute approximate surface area is 158 Å². The van der Waals surface area contributed by atoms with Crippen molar-refractivity contribution in [1.82, 2.24) is 0 Å². The van der Waals surface area contributed by atoms with Crippen LogP contribution in [0.1, 0.15) is 75.3 Å². The Hall–Kier alpha value is -1.89. The van der Waals surface area contributed by atoms with Crippen LogP contribution in [-0.4, -0.2) is 0 Å². The fourth-order valence-corrected chi connectivity index (χ4v) is 4.29. The van der Waals surface area contributed by atoms with Gasteiger partial charge in [-0.3, -0.25) is 0 Å². The molecule has 0 aromatic heterocycles. The predicted octanol–water partition coefficient (Wildman–Crippen LogP) is 7.99. The third-order valence-electron chi connectivity index (χ3n) is 5.98. The van der Waals surface area contributed by atoms with Gasteiger partial charge in [0, 0.05) is 5.56 Å². The molecule has 0 spiro atoms. The van der Waals surface area contributed by atoms with E-state index in [1.807, 2.05) is 12.1 Å². The zero-order chi connectivity index (χ0) is 18.4. The van der Waals surface area contributed by atoms with Crippen molar-refractivity contribution in [1.29, 1.82) is 0 Å². The largest absolute Gasteiger partial charge is 0.206 e. The highest BCUT2D eigenvalue weighted by atomic mass is 19.1. The maximum Gasteiger partial charge on any atom is 0.131 e. The van der Waals surface area contributed by atoms with Crippen molar-refractivity contribution in [2.24, 2.45) is 5.92 Å². The van der Waals surface area contributed by atoms with Crippen LogP contribution in [0.15, 0.2) is 49.0 Å². The minimum atomic E-state index is -0.178. The minimum absolute atomic E-state index is 0.178. The van der Waals surface area contributed by atoms with Crippen LogP contribution in [0.5, 0.6) is 0 Å². The molecule has 0 aliphatic heterocycles. The van der Waals surface area contributed by atoms with Crippen molar-refractivity contribution in [2.75, 3.05) is 0 Å². The molecule has 0 heterocycles. The molecule has 0 N–H and O–H groups in total. The summed E-state index contributed by atoms with van der Waals surface area (Å²) in [5.41, 5.74) is 3.86. The molecule has 0 radical (unpaired) electrons. The van der Waals surface area contributed by atoms with E-state index in [1.165, 1.54) is 56.9 Å². The van der Waals surface area contributed by atoms with Gasteiger partial charge in [-0.1, -0.05) is 81.7 Å². The second-order valence-electron chi connectivity index (χ2n) is 7.78. The Morgan fingerprint density at radius 3 is 2.35 bits per heavy atom. The number of unbranched alkanes of at least 4 members (excludes halogenated alkanes) is 2. The summed E-state index contributed by atoms with van der Waals surface area (Å²) in [4.78, 5) is 0. The van der Waals surface area contributed by atoms with Crippen LogP contribution in [-0.2, 0) is 0 Å². The van der Waals surface area contributed by atoms with Crippen molar-refractivity contribution in [3.8, 4) is 11.1 Å². The summed E-state index contributed by atoms with van der Waals surface area (Å²) in [6.45, 7) is 5.98. The lowest BCUT2D eigenvalue weighted by atomic mass is 9.77. The standard InChI is InChI=1S/C25H31F/c1-3-5-6-7-20-8-11-21(12-9-20)22-13-15-23(16-14-22)24-17-10-19(4-2)18-25(24)26/h4,10,13-18,20-21H,2-3,5-9,11-12H2,1H3/t20-,21-. The van der Waals surface area contributed by atoms with Crippen LogP contribution in [0, 0.1) is 11.7 Å². The highest BCUT2D eigenvalue weighted by Crippen LogP contribution is 2.38. The van der Waals surface area contributed by atoms with Crippen molar-refractivity contribution in [3.63, 3.8) is 0 Å². The summed E-state index contributed by atoms with van der Waals surface area (Å²) in [7, 11) is 0. The average Bonchev–Trinajstić information content (AvgIpc) is 2.69. The maximum atomic E-state index is 14.3. The van der Waals surface area contributed by atoms with Gasteiger partial charge in [0.05, 0.1) is 0 Å². The number of hydrogen-bond acceptors (Lipinski definition) is 0. The van der Waals surface area contributed by atoms with E-state index in [0.29, 0.717) is 11.5 Å². The lowest BCUT2D eigenvalue weighted by Gasteiger charge is -2.29. The average molecular weight is 351 g/mol. The number of rotatable bonds is 7. The molecular weight excluding hydrogens is 319 g/mol. The van der Waals surface area contributed by atoms with E-state index in [2.05, 4.69) is 37.8 Å². The van der Waals surface area contributed by atoms with Gasteiger partial charge in [0.1, 0.15) is 5.82 Å². The molecule has 3 rings (SSSR count). The van der Waals surface area contributed by atoms with E-state index >= 15 is 0 Å². The van der Waals surface area contributed by atoms with E-state index in [0.717, 1.165) is 17.0 Å². The van der Waals surface area contributed by atoms with Gasteiger partial charge in [-0.15, -0.1) is 0 Å². The van der Waals surface area contributed by atoms with Crippen LogP contribution in [0.2, 0.25) is 0 Å². The maximum absolute atomic E-state index is 14.3. The lowest BCUT2D eigenvalue weighted by molar-refractivity contribution is 0.303. The molecule has 0 bridgehead atoms. The van der Waals surface area contributed by atoms with E-state index in [-0.39, 0.29) is 5.82 Å². The summed E-state index contributed by atoms with van der Waals surface area (Å²) < 4.78 is 14.3. The van der Waals surface area contributed by atoms with Gasteiger partial charge >= 0.3 is 0 Å². The molecule has 1 saturated carbocycles. The van der Waals surface area contributed by atoms with Gasteiger partial charge in [0.15, 0.2) is 0 Å². The molecule has 1 fully saturated rings. The van der Waals surface area contributed by atoms with Crippen molar-refractivity contribution in [3.05, 3.63) is 66.0 Å². The Balaban J connectivity index is 1.61. The first-order valence-electron chi connectivity index (χ1n) is 10.2. The SMILES string of the molecule is C=Cc1ccc(-c2ccc([C@H]3CC[C@H](CCCCC)CC3)cc2)c(F)c1. The molecule has 1 aliphatic carbocycles. The van der Waals surface area contributed by atoms with E-state index in [9.17, 15) is 4.39 Å². The molecule has 26 heavy (non-hydrogen) atoms. The van der Waals surface area contributed by atoms with Gasteiger partial charge in [-0.2, -0.15) is 0 Å². The van der Waals surface area contributed by atoms with Gasteiger partial charge in [-0.05, 0) is 60.3 Å².